The highest BCUT2D eigenvalue weighted by Crippen LogP contribution is 2.31. The van der Waals surface area contributed by atoms with Crippen LogP contribution in [0.5, 0.6) is 0 Å². The molecule has 2 nitrogen and oxygen atoms in total. The Labute approximate surface area is 76.6 Å². The Morgan fingerprint density at radius 3 is 2.92 bits per heavy atom. The molecule has 1 aromatic carbocycles. The zero-order valence-corrected chi connectivity index (χ0v) is 7.64. The van der Waals surface area contributed by atoms with E-state index in [0.717, 1.165) is 16.1 Å². The number of hydrogen-bond acceptors (Lipinski definition) is 2. The van der Waals surface area contributed by atoms with E-state index in [1.807, 2.05) is 18.2 Å². The van der Waals surface area contributed by atoms with Crippen LogP contribution >= 0.6 is 12.6 Å². The third-order valence-corrected chi connectivity index (χ3v) is 2.61. The van der Waals surface area contributed by atoms with E-state index < -0.39 is 0 Å². The number of fused-ring (bicyclic) bond motifs is 1. The van der Waals surface area contributed by atoms with E-state index in [-0.39, 0.29) is 5.91 Å². The molecule has 0 atom stereocenters. The lowest BCUT2D eigenvalue weighted by molar-refractivity contribution is -0.117. The molecule has 3 heteroatoms. The molecule has 62 valence electrons. The minimum Gasteiger partial charge on any atom is -0.315 e. The predicted octanol–water partition coefficient (Wildman–Crippen LogP) is 1.49. The Hall–Kier alpha value is -0.960. The Morgan fingerprint density at radius 1 is 1.50 bits per heavy atom. The minimum absolute atomic E-state index is 0.145. The van der Waals surface area contributed by atoms with E-state index in [2.05, 4.69) is 12.6 Å². The van der Waals surface area contributed by atoms with Crippen LogP contribution in [0.4, 0.5) is 5.69 Å². The van der Waals surface area contributed by atoms with Crippen LogP contribution in [0.3, 0.4) is 0 Å². The van der Waals surface area contributed by atoms with Gasteiger partial charge in [0.15, 0.2) is 0 Å². The van der Waals surface area contributed by atoms with E-state index in [1.54, 1.807) is 11.9 Å². The molecule has 1 heterocycles. The van der Waals surface area contributed by atoms with Gasteiger partial charge in [-0.05, 0) is 17.7 Å². The van der Waals surface area contributed by atoms with E-state index in [9.17, 15) is 4.79 Å². The fourth-order valence-corrected chi connectivity index (χ4v) is 1.74. The maximum atomic E-state index is 11.3. The molecule has 0 N–H and O–H groups in total. The molecule has 1 amide bonds. The maximum Gasteiger partial charge on any atom is 0.231 e. The van der Waals surface area contributed by atoms with Crippen LogP contribution in [0.1, 0.15) is 5.56 Å². The molecule has 0 radical (unpaired) electrons. The van der Waals surface area contributed by atoms with Crippen LogP contribution in [0, 0.1) is 0 Å². The van der Waals surface area contributed by atoms with E-state index in [0.29, 0.717) is 6.42 Å². The summed E-state index contributed by atoms with van der Waals surface area (Å²) < 4.78 is 0. The van der Waals surface area contributed by atoms with E-state index in [4.69, 9.17) is 0 Å². The van der Waals surface area contributed by atoms with Crippen molar-refractivity contribution in [3.05, 3.63) is 23.8 Å². The van der Waals surface area contributed by atoms with Gasteiger partial charge in [0.1, 0.15) is 0 Å². The van der Waals surface area contributed by atoms with Crippen molar-refractivity contribution >= 4 is 24.2 Å². The van der Waals surface area contributed by atoms with Gasteiger partial charge in [-0.3, -0.25) is 4.79 Å². The standard InChI is InChI=1S/C9H9NOS/c1-10-7-3-2-4-8(12)6(7)5-9(10)11/h2-4,12H,5H2,1H3. The summed E-state index contributed by atoms with van der Waals surface area (Å²) >= 11 is 4.29. The molecule has 0 unspecified atom stereocenters. The molecule has 0 saturated heterocycles. The Morgan fingerprint density at radius 2 is 2.25 bits per heavy atom. The number of anilines is 1. The van der Waals surface area contributed by atoms with Crippen LogP contribution in [-0.4, -0.2) is 13.0 Å². The minimum atomic E-state index is 0.145. The molecule has 0 aromatic heterocycles. The molecular weight excluding hydrogens is 170 g/mol. The fraction of sp³-hybridized carbons (Fsp3) is 0.222. The number of likely N-dealkylation sites (N-methyl/N-ethyl adjacent to an activating group) is 1. The highest BCUT2D eigenvalue weighted by Gasteiger charge is 2.24. The quantitative estimate of drug-likeness (QED) is 0.598. The molecule has 2 rings (SSSR count). The molecular formula is C9H9NOS. The van der Waals surface area contributed by atoms with Gasteiger partial charge in [-0.2, -0.15) is 0 Å². The lowest BCUT2D eigenvalue weighted by atomic mass is 10.2. The molecule has 12 heavy (non-hydrogen) atoms. The second-order valence-electron chi connectivity index (χ2n) is 2.90. The molecule has 0 fully saturated rings. The normalized spacial score (nSPS) is 15.2. The van der Waals surface area contributed by atoms with Gasteiger partial charge < -0.3 is 4.90 Å². The summed E-state index contributed by atoms with van der Waals surface area (Å²) in [6.45, 7) is 0. The SMILES string of the molecule is CN1C(=O)Cc2c(S)cccc21. The van der Waals surface area contributed by atoms with Crippen molar-refractivity contribution in [2.75, 3.05) is 11.9 Å². The van der Waals surface area contributed by atoms with Gasteiger partial charge in [-0.1, -0.05) is 6.07 Å². The summed E-state index contributed by atoms with van der Waals surface area (Å²) in [5, 5.41) is 0. The van der Waals surface area contributed by atoms with Crippen LogP contribution in [0.2, 0.25) is 0 Å². The summed E-state index contributed by atoms with van der Waals surface area (Å²) in [4.78, 5) is 13.9. The number of carbonyl (C=O) groups is 1. The Kier molecular flexibility index (Phi) is 1.61. The predicted molar refractivity (Wildman–Crippen MR) is 50.8 cm³/mol. The monoisotopic (exact) mass is 179 g/mol. The van der Waals surface area contributed by atoms with E-state index >= 15 is 0 Å². The number of rotatable bonds is 0. The van der Waals surface area contributed by atoms with Crippen molar-refractivity contribution in [1.29, 1.82) is 0 Å². The van der Waals surface area contributed by atoms with Gasteiger partial charge >= 0.3 is 0 Å². The molecule has 1 aliphatic heterocycles. The van der Waals surface area contributed by atoms with Crippen molar-refractivity contribution in [2.24, 2.45) is 0 Å². The Balaban J connectivity index is 2.60. The summed E-state index contributed by atoms with van der Waals surface area (Å²) in [6.07, 6.45) is 0.492. The van der Waals surface area contributed by atoms with Crippen molar-refractivity contribution in [1.82, 2.24) is 0 Å². The highest BCUT2D eigenvalue weighted by atomic mass is 32.1. The van der Waals surface area contributed by atoms with Crippen molar-refractivity contribution in [3.63, 3.8) is 0 Å². The smallest absolute Gasteiger partial charge is 0.231 e. The summed E-state index contributed by atoms with van der Waals surface area (Å²) in [6, 6.07) is 5.77. The van der Waals surface area contributed by atoms with Crippen LogP contribution in [0.15, 0.2) is 23.1 Å². The first-order valence-corrected chi connectivity index (χ1v) is 4.22. The summed E-state index contributed by atoms with van der Waals surface area (Å²) in [5.41, 5.74) is 2.04. The summed E-state index contributed by atoms with van der Waals surface area (Å²) in [7, 11) is 1.79. The average Bonchev–Trinajstić information content (AvgIpc) is 2.32. The second-order valence-corrected chi connectivity index (χ2v) is 3.39. The molecule has 0 aliphatic carbocycles. The van der Waals surface area contributed by atoms with Gasteiger partial charge in [0.2, 0.25) is 5.91 Å². The van der Waals surface area contributed by atoms with Crippen LogP contribution in [-0.2, 0) is 11.2 Å². The first kappa shape index (κ1) is 7.68. The topological polar surface area (TPSA) is 20.3 Å². The third-order valence-electron chi connectivity index (χ3n) is 2.19. The van der Waals surface area contributed by atoms with E-state index in [1.165, 1.54) is 0 Å². The van der Waals surface area contributed by atoms with Crippen molar-refractivity contribution in [2.45, 2.75) is 11.3 Å². The first-order chi connectivity index (χ1) is 5.70. The van der Waals surface area contributed by atoms with Gasteiger partial charge in [0.25, 0.3) is 0 Å². The number of benzene rings is 1. The molecule has 0 bridgehead atoms. The zero-order valence-electron chi connectivity index (χ0n) is 6.74. The number of carbonyl (C=O) groups excluding carboxylic acids is 1. The fourth-order valence-electron chi connectivity index (χ4n) is 1.46. The number of thiol groups is 1. The number of nitrogens with zero attached hydrogens (tertiary/aromatic N) is 1. The second kappa shape index (κ2) is 2.52. The molecule has 1 aliphatic rings. The number of hydrogen-bond donors (Lipinski definition) is 1. The summed E-state index contributed by atoms with van der Waals surface area (Å²) in [5.74, 6) is 0.145. The van der Waals surface area contributed by atoms with Crippen LogP contribution in [0.25, 0.3) is 0 Å². The van der Waals surface area contributed by atoms with Gasteiger partial charge in [-0.15, -0.1) is 12.6 Å². The number of amides is 1. The molecule has 0 saturated carbocycles. The van der Waals surface area contributed by atoms with Gasteiger partial charge in [-0.25, -0.2) is 0 Å². The zero-order chi connectivity index (χ0) is 8.72. The first-order valence-electron chi connectivity index (χ1n) is 3.77. The van der Waals surface area contributed by atoms with Crippen LogP contribution < -0.4 is 4.90 Å². The lowest BCUT2D eigenvalue weighted by Crippen LogP contribution is -2.20. The maximum absolute atomic E-state index is 11.3. The highest BCUT2D eigenvalue weighted by molar-refractivity contribution is 7.80. The third kappa shape index (κ3) is 0.932. The molecule has 1 aromatic rings. The molecule has 0 spiro atoms. The van der Waals surface area contributed by atoms with Crippen molar-refractivity contribution < 1.29 is 4.79 Å². The van der Waals surface area contributed by atoms with Crippen molar-refractivity contribution in [3.8, 4) is 0 Å². The van der Waals surface area contributed by atoms with Gasteiger partial charge in [0, 0.05) is 17.6 Å². The lowest BCUT2D eigenvalue weighted by Gasteiger charge is -2.09. The average molecular weight is 179 g/mol. The Bertz CT molecular complexity index is 348. The van der Waals surface area contributed by atoms with Gasteiger partial charge in [0.05, 0.1) is 6.42 Å². The largest absolute Gasteiger partial charge is 0.315 e.